The fraction of sp³-hybridized carbons (Fsp3) is 0.538. The van der Waals surface area contributed by atoms with E-state index in [0.717, 1.165) is 6.42 Å². The normalized spacial score (nSPS) is 15.5. The second kappa shape index (κ2) is 4.53. The lowest BCUT2D eigenvalue weighted by Gasteiger charge is -2.24. The molecule has 0 fully saturated rings. The van der Waals surface area contributed by atoms with Crippen LogP contribution in [0.3, 0.4) is 0 Å². The Hall–Kier alpha value is -1.29. The van der Waals surface area contributed by atoms with Crippen molar-refractivity contribution in [3.8, 4) is 11.5 Å². The second-order valence-electron chi connectivity index (χ2n) is 4.85. The van der Waals surface area contributed by atoms with Gasteiger partial charge >= 0.3 is 0 Å². The Bertz CT molecular complexity index is 415. The van der Waals surface area contributed by atoms with E-state index >= 15 is 0 Å². The van der Waals surface area contributed by atoms with Gasteiger partial charge in [-0.2, -0.15) is 0 Å². The highest BCUT2D eigenvalue weighted by atomic mass is 19.1. The van der Waals surface area contributed by atoms with Gasteiger partial charge in [0.15, 0.2) is 17.3 Å². The van der Waals surface area contributed by atoms with Crippen molar-refractivity contribution < 1.29 is 19.0 Å². The van der Waals surface area contributed by atoms with Crippen LogP contribution < -0.4 is 9.47 Å². The molecule has 1 aromatic carbocycles. The topological polar surface area (TPSA) is 38.7 Å². The van der Waals surface area contributed by atoms with Crippen molar-refractivity contribution in [2.24, 2.45) is 0 Å². The summed E-state index contributed by atoms with van der Waals surface area (Å²) in [7, 11) is 0. The van der Waals surface area contributed by atoms with E-state index in [0.29, 0.717) is 24.5 Å². The van der Waals surface area contributed by atoms with Crippen LogP contribution in [-0.2, 0) is 5.41 Å². The van der Waals surface area contributed by atoms with E-state index in [9.17, 15) is 9.50 Å². The molecule has 0 saturated heterocycles. The monoisotopic (exact) mass is 240 g/mol. The summed E-state index contributed by atoms with van der Waals surface area (Å²) in [6.45, 7) is 4.44. The number of ether oxygens (including phenoxy) is 2. The summed E-state index contributed by atoms with van der Waals surface area (Å²) in [5.41, 5.74) is -0.182. The first-order valence-corrected chi connectivity index (χ1v) is 5.76. The van der Waals surface area contributed by atoms with Crippen LogP contribution in [0.25, 0.3) is 0 Å². The zero-order chi connectivity index (χ0) is 12.5. The highest BCUT2D eigenvalue weighted by Crippen LogP contribution is 2.38. The predicted molar refractivity (Wildman–Crippen MR) is 62.1 cm³/mol. The standard InChI is InChI=1S/C13H17FO3/c1-13(2,8-15)9-4-5-10-12(11(9)14)17-7-3-6-16-10/h4-5,15H,3,6-8H2,1-2H3. The van der Waals surface area contributed by atoms with E-state index in [1.807, 2.05) is 0 Å². The maximum atomic E-state index is 14.3. The van der Waals surface area contributed by atoms with Crippen LogP contribution in [-0.4, -0.2) is 24.9 Å². The number of aliphatic hydroxyl groups excluding tert-OH is 1. The Morgan fingerprint density at radius 3 is 2.71 bits per heavy atom. The highest BCUT2D eigenvalue weighted by molar-refractivity contribution is 5.47. The van der Waals surface area contributed by atoms with E-state index in [2.05, 4.69) is 0 Å². The lowest BCUT2D eigenvalue weighted by molar-refractivity contribution is 0.213. The molecule has 1 aromatic rings. The molecule has 0 saturated carbocycles. The Labute approximate surface area is 100 Å². The van der Waals surface area contributed by atoms with Crippen LogP contribution in [0.5, 0.6) is 11.5 Å². The van der Waals surface area contributed by atoms with Crippen LogP contribution in [0.15, 0.2) is 12.1 Å². The first-order valence-electron chi connectivity index (χ1n) is 5.76. The minimum absolute atomic E-state index is 0.121. The fourth-order valence-electron chi connectivity index (χ4n) is 1.81. The first-order chi connectivity index (χ1) is 8.06. The van der Waals surface area contributed by atoms with Gasteiger partial charge in [0, 0.05) is 11.8 Å². The average Bonchev–Trinajstić information content (AvgIpc) is 2.55. The minimum atomic E-state index is -0.630. The summed E-state index contributed by atoms with van der Waals surface area (Å²) in [4.78, 5) is 0. The van der Waals surface area contributed by atoms with E-state index in [1.54, 1.807) is 26.0 Å². The lowest BCUT2D eigenvalue weighted by atomic mass is 9.85. The Morgan fingerprint density at radius 1 is 1.29 bits per heavy atom. The summed E-state index contributed by atoms with van der Waals surface area (Å²) < 4.78 is 25.1. The third kappa shape index (κ3) is 2.22. The molecule has 94 valence electrons. The van der Waals surface area contributed by atoms with Crippen molar-refractivity contribution >= 4 is 0 Å². The Balaban J connectivity index is 2.48. The van der Waals surface area contributed by atoms with Gasteiger partial charge in [0.1, 0.15) is 0 Å². The molecule has 1 aliphatic rings. The third-order valence-corrected chi connectivity index (χ3v) is 2.98. The maximum Gasteiger partial charge on any atom is 0.197 e. The van der Waals surface area contributed by atoms with Gasteiger partial charge in [0.2, 0.25) is 0 Å². The molecule has 0 aliphatic carbocycles. The summed E-state index contributed by atoms with van der Waals surface area (Å²) in [6, 6.07) is 3.36. The van der Waals surface area contributed by atoms with E-state index in [1.165, 1.54) is 0 Å². The molecule has 0 radical (unpaired) electrons. The van der Waals surface area contributed by atoms with Gasteiger partial charge in [-0.3, -0.25) is 0 Å². The molecular weight excluding hydrogens is 223 g/mol. The zero-order valence-electron chi connectivity index (χ0n) is 10.1. The van der Waals surface area contributed by atoms with Crippen molar-refractivity contribution in [1.82, 2.24) is 0 Å². The molecule has 3 nitrogen and oxygen atoms in total. The molecule has 0 spiro atoms. The average molecular weight is 240 g/mol. The van der Waals surface area contributed by atoms with Gasteiger partial charge < -0.3 is 14.6 Å². The minimum Gasteiger partial charge on any atom is -0.489 e. The third-order valence-electron chi connectivity index (χ3n) is 2.98. The van der Waals surface area contributed by atoms with E-state index < -0.39 is 11.2 Å². The summed E-state index contributed by atoms with van der Waals surface area (Å²) in [5, 5.41) is 9.29. The number of fused-ring (bicyclic) bond motifs is 1. The largest absolute Gasteiger partial charge is 0.489 e. The number of hydrogen-bond acceptors (Lipinski definition) is 3. The van der Waals surface area contributed by atoms with Crippen LogP contribution in [0.1, 0.15) is 25.8 Å². The summed E-state index contributed by atoms with van der Waals surface area (Å²) in [6.07, 6.45) is 0.743. The molecule has 2 rings (SSSR count). The summed E-state index contributed by atoms with van der Waals surface area (Å²) >= 11 is 0. The SMILES string of the molecule is CC(C)(CO)c1ccc2c(c1F)OCCCO2. The van der Waals surface area contributed by atoms with Crippen molar-refractivity contribution in [3.63, 3.8) is 0 Å². The van der Waals surface area contributed by atoms with Gasteiger partial charge in [-0.1, -0.05) is 19.9 Å². The lowest BCUT2D eigenvalue weighted by Crippen LogP contribution is -2.24. The van der Waals surface area contributed by atoms with E-state index in [-0.39, 0.29) is 12.4 Å². The molecule has 1 N–H and O–H groups in total. The van der Waals surface area contributed by atoms with Gasteiger partial charge in [-0.15, -0.1) is 0 Å². The number of aliphatic hydroxyl groups is 1. The molecule has 0 atom stereocenters. The quantitative estimate of drug-likeness (QED) is 0.861. The van der Waals surface area contributed by atoms with E-state index in [4.69, 9.17) is 9.47 Å². The van der Waals surface area contributed by atoms with Gasteiger partial charge in [-0.25, -0.2) is 4.39 Å². The number of rotatable bonds is 2. The predicted octanol–water partition coefficient (Wildman–Crippen LogP) is 2.26. The van der Waals surface area contributed by atoms with Crippen molar-refractivity contribution in [1.29, 1.82) is 0 Å². The molecule has 0 bridgehead atoms. The van der Waals surface area contributed by atoms with Gasteiger partial charge in [-0.05, 0) is 11.6 Å². The zero-order valence-corrected chi connectivity index (χ0v) is 10.1. The number of benzene rings is 1. The van der Waals surface area contributed by atoms with Crippen LogP contribution in [0.2, 0.25) is 0 Å². The fourth-order valence-corrected chi connectivity index (χ4v) is 1.81. The molecule has 0 unspecified atom stereocenters. The number of halogens is 1. The van der Waals surface area contributed by atoms with Crippen LogP contribution >= 0.6 is 0 Å². The first kappa shape index (κ1) is 12.2. The summed E-state index contributed by atoms with van der Waals surface area (Å²) in [5.74, 6) is 0.183. The number of hydrogen-bond donors (Lipinski definition) is 1. The maximum absolute atomic E-state index is 14.3. The van der Waals surface area contributed by atoms with Crippen LogP contribution in [0, 0.1) is 5.82 Å². The molecular formula is C13H17FO3. The highest BCUT2D eigenvalue weighted by Gasteiger charge is 2.28. The smallest absolute Gasteiger partial charge is 0.197 e. The van der Waals surface area contributed by atoms with Crippen LogP contribution in [0.4, 0.5) is 4.39 Å². The Morgan fingerprint density at radius 2 is 2.00 bits per heavy atom. The van der Waals surface area contributed by atoms with Crippen molar-refractivity contribution in [2.75, 3.05) is 19.8 Å². The van der Waals surface area contributed by atoms with Crippen molar-refractivity contribution in [3.05, 3.63) is 23.5 Å². The van der Waals surface area contributed by atoms with Gasteiger partial charge in [0.05, 0.1) is 19.8 Å². The Kier molecular flexibility index (Phi) is 3.24. The van der Waals surface area contributed by atoms with Gasteiger partial charge in [0.25, 0.3) is 0 Å². The molecule has 17 heavy (non-hydrogen) atoms. The van der Waals surface area contributed by atoms with Crippen molar-refractivity contribution in [2.45, 2.75) is 25.7 Å². The molecule has 0 amide bonds. The second-order valence-corrected chi connectivity index (χ2v) is 4.85. The molecule has 1 heterocycles. The molecule has 0 aromatic heterocycles. The molecule has 1 aliphatic heterocycles. The molecule has 4 heteroatoms.